The molecule has 1 aliphatic rings. The number of carbonyl (C=O) groups is 1. The molecule has 0 atom stereocenters. The van der Waals surface area contributed by atoms with Gasteiger partial charge in [0.05, 0.1) is 12.7 Å². The zero-order chi connectivity index (χ0) is 10.6. The van der Waals surface area contributed by atoms with Crippen LogP contribution < -0.4 is 0 Å². The Hall–Kier alpha value is -0.990. The van der Waals surface area contributed by atoms with E-state index in [1.165, 1.54) is 6.08 Å². The fourth-order valence-corrected chi connectivity index (χ4v) is 1.25. The lowest BCUT2D eigenvalue weighted by atomic mass is 10.1. The van der Waals surface area contributed by atoms with E-state index < -0.39 is 5.60 Å². The highest BCUT2D eigenvalue weighted by molar-refractivity contribution is 5.82. The summed E-state index contributed by atoms with van der Waals surface area (Å²) in [5, 5.41) is 0. The summed E-state index contributed by atoms with van der Waals surface area (Å²) in [6.07, 6.45) is 4.48. The van der Waals surface area contributed by atoms with Crippen molar-refractivity contribution in [3.8, 4) is 0 Å². The highest BCUT2D eigenvalue weighted by Gasteiger charge is 2.16. The van der Waals surface area contributed by atoms with Gasteiger partial charge in [0.25, 0.3) is 0 Å². The van der Waals surface area contributed by atoms with Crippen LogP contribution in [0.4, 0.5) is 0 Å². The predicted octanol–water partition coefficient (Wildman–Crippen LogP) is 2.41. The van der Waals surface area contributed by atoms with Crippen LogP contribution in [0.1, 0.15) is 40.0 Å². The maximum Gasteiger partial charge on any atom is 0.334 e. The molecule has 80 valence electrons. The zero-order valence-electron chi connectivity index (χ0n) is 9.13. The molecule has 1 rings (SSSR count). The maximum atomic E-state index is 11.3. The van der Waals surface area contributed by atoms with E-state index in [0.717, 1.165) is 25.0 Å². The van der Waals surface area contributed by atoms with Gasteiger partial charge in [-0.2, -0.15) is 0 Å². The topological polar surface area (TPSA) is 35.5 Å². The molecule has 0 spiro atoms. The minimum atomic E-state index is -0.428. The molecule has 14 heavy (non-hydrogen) atoms. The SMILES string of the molecule is CC(C)(C)OC(=O)/C=C1\CCCCO1. The zero-order valence-corrected chi connectivity index (χ0v) is 9.13. The number of carbonyl (C=O) groups excluding carboxylic acids is 1. The van der Waals surface area contributed by atoms with E-state index in [1.54, 1.807) is 0 Å². The third-order valence-electron chi connectivity index (χ3n) is 1.79. The number of hydrogen-bond donors (Lipinski definition) is 0. The normalized spacial score (nSPS) is 20.4. The number of rotatable bonds is 1. The van der Waals surface area contributed by atoms with Crippen molar-refractivity contribution in [1.82, 2.24) is 0 Å². The Morgan fingerprint density at radius 2 is 2.14 bits per heavy atom. The molecule has 0 aromatic rings. The molecule has 1 fully saturated rings. The van der Waals surface area contributed by atoms with Crippen molar-refractivity contribution in [3.05, 3.63) is 11.8 Å². The summed E-state index contributed by atoms with van der Waals surface area (Å²) >= 11 is 0. The smallest absolute Gasteiger partial charge is 0.334 e. The molecule has 1 aliphatic heterocycles. The predicted molar refractivity (Wildman–Crippen MR) is 53.7 cm³/mol. The summed E-state index contributed by atoms with van der Waals surface area (Å²) in [6.45, 7) is 6.27. The highest BCUT2D eigenvalue weighted by Crippen LogP contribution is 2.17. The summed E-state index contributed by atoms with van der Waals surface area (Å²) in [5.41, 5.74) is -0.428. The summed E-state index contributed by atoms with van der Waals surface area (Å²) in [5.74, 6) is 0.444. The third-order valence-corrected chi connectivity index (χ3v) is 1.79. The number of esters is 1. The molecule has 0 aromatic carbocycles. The van der Waals surface area contributed by atoms with Crippen LogP contribution in [0.25, 0.3) is 0 Å². The standard InChI is InChI=1S/C11H18O3/c1-11(2,3)14-10(12)8-9-6-4-5-7-13-9/h8H,4-7H2,1-3H3/b9-8+. The maximum absolute atomic E-state index is 11.3. The Bertz CT molecular complexity index is 227. The molecular formula is C11H18O3. The van der Waals surface area contributed by atoms with Crippen LogP contribution in [0.15, 0.2) is 11.8 Å². The van der Waals surface area contributed by atoms with Gasteiger partial charge < -0.3 is 9.47 Å². The second kappa shape index (κ2) is 4.49. The average molecular weight is 198 g/mol. The van der Waals surface area contributed by atoms with Gasteiger partial charge in [-0.05, 0) is 33.6 Å². The van der Waals surface area contributed by atoms with Gasteiger partial charge in [-0.1, -0.05) is 0 Å². The lowest BCUT2D eigenvalue weighted by Crippen LogP contribution is -2.23. The van der Waals surface area contributed by atoms with Crippen molar-refractivity contribution in [2.24, 2.45) is 0 Å². The second-order valence-corrected chi connectivity index (χ2v) is 4.45. The van der Waals surface area contributed by atoms with E-state index in [2.05, 4.69) is 0 Å². The molecule has 0 N–H and O–H groups in total. The molecule has 0 aromatic heterocycles. The lowest BCUT2D eigenvalue weighted by molar-refractivity contribution is -0.148. The van der Waals surface area contributed by atoms with Gasteiger partial charge in [0.15, 0.2) is 0 Å². The van der Waals surface area contributed by atoms with E-state index in [1.807, 2.05) is 20.8 Å². The van der Waals surface area contributed by atoms with Gasteiger partial charge in [0.2, 0.25) is 0 Å². The van der Waals surface area contributed by atoms with Crippen molar-refractivity contribution < 1.29 is 14.3 Å². The Balaban J connectivity index is 2.45. The fraction of sp³-hybridized carbons (Fsp3) is 0.727. The second-order valence-electron chi connectivity index (χ2n) is 4.45. The quantitative estimate of drug-likeness (QED) is 0.479. The first-order chi connectivity index (χ1) is 6.47. The minimum absolute atomic E-state index is 0.311. The Morgan fingerprint density at radius 3 is 2.64 bits per heavy atom. The van der Waals surface area contributed by atoms with E-state index in [0.29, 0.717) is 6.61 Å². The fourth-order valence-electron chi connectivity index (χ4n) is 1.25. The molecule has 0 bridgehead atoms. The van der Waals surface area contributed by atoms with Crippen molar-refractivity contribution in [1.29, 1.82) is 0 Å². The summed E-state index contributed by atoms with van der Waals surface area (Å²) < 4.78 is 10.5. The molecule has 3 heteroatoms. The van der Waals surface area contributed by atoms with Gasteiger partial charge >= 0.3 is 5.97 Å². The van der Waals surface area contributed by atoms with E-state index >= 15 is 0 Å². The minimum Gasteiger partial charge on any atom is -0.498 e. The first kappa shape index (κ1) is 11.1. The summed E-state index contributed by atoms with van der Waals surface area (Å²) in [4.78, 5) is 11.3. The number of allylic oxidation sites excluding steroid dienone is 1. The number of hydrogen-bond acceptors (Lipinski definition) is 3. The van der Waals surface area contributed by atoms with Crippen molar-refractivity contribution >= 4 is 5.97 Å². The lowest BCUT2D eigenvalue weighted by Gasteiger charge is -2.19. The van der Waals surface area contributed by atoms with Crippen LogP contribution in [0.5, 0.6) is 0 Å². The van der Waals surface area contributed by atoms with Crippen LogP contribution in [0, 0.1) is 0 Å². The first-order valence-electron chi connectivity index (χ1n) is 5.04. The third kappa shape index (κ3) is 4.30. The van der Waals surface area contributed by atoms with Crippen molar-refractivity contribution in [2.45, 2.75) is 45.6 Å². The molecule has 0 aliphatic carbocycles. The van der Waals surface area contributed by atoms with Crippen molar-refractivity contribution in [2.75, 3.05) is 6.61 Å². The van der Waals surface area contributed by atoms with Crippen LogP contribution >= 0.6 is 0 Å². The molecule has 0 unspecified atom stereocenters. The van der Waals surface area contributed by atoms with E-state index in [4.69, 9.17) is 9.47 Å². The Kier molecular flexibility index (Phi) is 3.55. The van der Waals surface area contributed by atoms with Crippen LogP contribution in [-0.4, -0.2) is 18.2 Å². The van der Waals surface area contributed by atoms with Gasteiger partial charge in [0.1, 0.15) is 11.4 Å². The monoisotopic (exact) mass is 198 g/mol. The average Bonchev–Trinajstić information content (AvgIpc) is 2.02. The first-order valence-corrected chi connectivity index (χ1v) is 5.04. The molecule has 0 amide bonds. The molecule has 0 radical (unpaired) electrons. The molecule has 1 saturated heterocycles. The van der Waals surface area contributed by atoms with Gasteiger partial charge in [0, 0.05) is 6.42 Å². The highest BCUT2D eigenvalue weighted by atomic mass is 16.6. The van der Waals surface area contributed by atoms with E-state index in [-0.39, 0.29) is 5.97 Å². The molecular weight excluding hydrogens is 180 g/mol. The molecule has 3 nitrogen and oxygen atoms in total. The summed E-state index contributed by atoms with van der Waals surface area (Å²) in [7, 11) is 0. The Morgan fingerprint density at radius 1 is 1.43 bits per heavy atom. The molecule has 0 saturated carbocycles. The number of ether oxygens (including phenoxy) is 2. The largest absolute Gasteiger partial charge is 0.498 e. The van der Waals surface area contributed by atoms with Gasteiger partial charge in [-0.25, -0.2) is 4.79 Å². The van der Waals surface area contributed by atoms with Crippen molar-refractivity contribution in [3.63, 3.8) is 0 Å². The van der Waals surface area contributed by atoms with Gasteiger partial charge in [-0.15, -0.1) is 0 Å². The Labute approximate surface area is 85.1 Å². The van der Waals surface area contributed by atoms with Gasteiger partial charge in [-0.3, -0.25) is 0 Å². The van der Waals surface area contributed by atoms with Crippen LogP contribution in [0.3, 0.4) is 0 Å². The van der Waals surface area contributed by atoms with Crippen LogP contribution in [0.2, 0.25) is 0 Å². The summed E-state index contributed by atoms with van der Waals surface area (Å²) in [6, 6.07) is 0. The van der Waals surface area contributed by atoms with E-state index in [9.17, 15) is 4.79 Å². The molecule has 1 heterocycles. The van der Waals surface area contributed by atoms with Crippen LogP contribution in [-0.2, 0) is 14.3 Å².